The van der Waals surface area contributed by atoms with Crippen molar-refractivity contribution in [3.8, 4) is 0 Å². The molecule has 0 saturated carbocycles. The van der Waals surface area contributed by atoms with Gasteiger partial charge in [-0.1, -0.05) is 6.92 Å². The second-order valence-corrected chi connectivity index (χ2v) is 5.89. The Morgan fingerprint density at radius 1 is 1.62 bits per heavy atom. The molecule has 1 unspecified atom stereocenters. The molecule has 0 aromatic carbocycles. The number of morpholine rings is 1. The lowest BCUT2D eigenvalue weighted by Gasteiger charge is -2.33. The number of aliphatic hydroxyl groups excluding tert-OH is 1. The van der Waals surface area contributed by atoms with Gasteiger partial charge in [0, 0.05) is 31.7 Å². The van der Waals surface area contributed by atoms with E-state index in [9.17, 15) is 9.90 Å². The number of ether oxygens (including phenoxy) is 1. The molecule has 1 fully saturated rings. The van der Waals surface area contributed by atoms with Gasteiger partial charge < -0.3 is 20.1 Å². The Balaban J connectivity index is 1.93. The summed E-state index contributed by atoms with van der Waals surface area (Å²) in [5.41, 5.74) is 0.570. The van der Waals surface area contributed by atoms with Crippen LogP contribution in [0.1, 0.15) is 30.4 Å². The zero-order valence-corrected chi connectivity index (χ0v) is 12.5. The summed E-state index contributed by atoms with van der Waals surface area (Å²) in [6.45, 7) is 6.76. The van der Waals surface area contributed by atoms with E-state index in [0.29, 0.717) is 25.5 Å². The Hall–Kier alpha value is -1.60. The number of anilines is 1. The fourth-order valence-corrected chi connectivity index (χ4v) is 2.95. The SMILES string of the molecule is C[C@H](CO)C1CNC(=O)c2cc(N3CCOC[C@H]3C)nn21. The number of nitrogens with zero attached hydrogens (tertiary/aromatic N) is 3. The maximum absolute atomic E-state index is 12.0. The zero-order chi connectivity index (χ0) is 15.0. The number of carbonyl (C=O) groups excluding carboxylic acids is 1. The van der Waals surface area contributed by atoms with Gasteiger partial charge in [0.05, 0.1) is 25.3 Å². The van der Waals surface area contributed by atoms with E-state index in [4.69, 9.17) is 4.74 Å². The molecule has 0 aliphatic carbocycles. The van der Waals surface area contributed by atoms with Gasteiger partial charge in [0.15, 0.2) is 5.82 Å². The third-order valence-corrected chi connectivity index (χ3v) is 4.35. The van der Waals surface area contributed by atoms with Crippen molar-refractivity contribution in [3.05, 3.63) is 11.8 Å². The minimum atomic E-state index is -0.101. The van der Waals surface area contributed by atoms with Crippen LogP contribution in [-0.4, -0.2) is 59.7 Å². The summed E-state index contributed by atoms with van der Waals surface area (Å²) in [4.78, 5) is 14.2. The van der Waals surface area contributed by atoms with Crippen molar-refractivity contribution in [1.82, 2.24) is 15.1 Å². The van der Waals surface area contributed by atoms with Gasteiger partial charge in [0.2, 0.25) is 0 Å². The van der Waals surface area contributed by atoms with E-state index in [1.807, 2.05) is 13.0 Å². The number of hydrogen-bond acceptors (Lipinski definition) is 5. The van der Waals surface area contributed by atoms with E-state index < -0.39 is 0 Å². The van der Waals surface area contributed by atoms with Crippen LogP contribution in [0, 0.1) is 5.92 Å². The first-order valence-electron chi connectivity index (χ1n) is 7.44. The lowest BCUT2D eigenvalue weighted by Crippen LogP contribution is -2.44. The van der Waals surface area contributed by atoms with Crippen molar-refractivity contribution >= 4 is 11.7 Å². The molecule has 3 rings (SSSR count). The molecule has 2 aliphatic heterocycles. The van der Waals surface area contributed by atoms with E-state index in [-0.39, 0.29) is 30.5 Å². The second-order valence-electron chi connectivity index (χ2n) is 5.89. The van der Waals surface area contributed by atoms with E-state index in [0.717, 1.165) is 12.4 Å². The number of rotatable bonds is 3. The number of hydrogen-bond donors (Lipinski definition) is 2. The third kappa shape index (κ3) is 2.51. The van der Waals surface area contributed by atoms with Crippen LogP contribution in [0.5, 0.6) is 0 Å². The van der Waals surface area contributed by atoms with E-state index in [2.05, 4.69) is 22.2 Å². The van der Waals surface area contributed by atoms with Crippen molar-refractivity contribution < 1.29 is 14.6 Å². The molecule has 1 amide bonds. The largest absolute Gasteiger partial charge is 0.396 e. The van der Waals surface area contributed by atoms with Crippen molar-refractivity contribution in [2.24, 2.45) is 5.92 Å². The molecule has 0 bridgehead atoms. The summed E-state index contributed by atoms with van der Waals surface area (Å²) in [5.74, 6) is 0.753. The molecule has 0 radical (unpaired) electrons. The summed E-state index contributed by atoms with van der Waals surface area (Å²) in [7, 11) is 0. The highest BCUT2D eigenvalue weighted by Gasteiger charge is 2.32. The second kappa shape index (κ2) is 5.65. The smallest absolute Gasteiger partial charge is 0.269 e. The number of amides is 1. The van der Waals surface area contributed by atoms with Crippen LogP contribution in [-0.2, 0) is 4.74 Å². The summed E-state index contributed by atoms with van der Waals surface area (Å²) >= 11 is 0. The zero-order valence-electron chi connectivity index (χ0n) is 12.5. The van der Waals surface area contributed by atoms with Crippen molar-refractivity contribution in [3.63, 3.8) is 0 Å². The van der Waals surface area contributed by atoms with Crippen LogP contribution >= 0.6 is 0 Å². The van der Waals surface area contributed by atoms with Crippen molar-refractivity contribution in [2.45, 2.75) is 25.9 Å². The van der Waals surface area contributed by atoms with Gasteiger partial charge in [-0.05, 0) is 6.92 Å². The van der Waals surface area contributed by atoms with Crippen LogP contribution in [0.2, 0.25) is 0 Å². The first-order chi connectivity index (χ1) is 10.1. The fourth-order valence-electron chi connectivity index (χ4n) is 2.95. The van der Waals surface area contributed by atoms with Crippen molar-refractivity contribution in [1.29, 1.82) is 0 Å². The summed E-state index contributed by atoms with van der Waals surface area (Å²) < 4.78 is 7.22. The Morgan fingerprint density at radius 3 is 3.14 bits per heavy atom. The molecule has 3 atom stereocenters. The minimum Gasteiger partial charge on any atom is -0.396 e. The molecule has 0 spiro atoms. The van der Waals surface area contributed by atoms with E-state index in [1.54, 1.807) is 4.68 Å². The van der Waals surface area contributed by atoms with Gasteiger partial charge in [-0.2, -0.15) is 5.10 Å². The molecular weight excluding hydrogens is 272 g/mol. The molecule has 2 aliphatic rings. The third-order valence-electron chi connectivity index (χ3n) is 4.35. The highest BCUT2D eigenvalue weighted by atomic mass is 16.5. The topological polar surface area (TPSA) is 79.6 Å². The number of nitrogens with one attached hydrogen (secondary N) is 1. The van der Waals surface area contributed by atoms with Gasteiger partial charge in [-0.15, -0.1) is 0 Å². The lowest BCUT2D eigenvalue weighted by atomic mass is 10.0. The highest BCUT2D eigenvalue weighted by molar-refractivity contribution is 5.94. The maximum atomic E-state index is 12.0. The fraction of sp³-hybridized carbons (Fsp3) is 0.714. The quantitative estimate of drug-likeness (QED) is 0.821. The number of fused-ring (bicyclic) bond motifs is 1. The van der Waals surface area contributed by atoms with Crippen LogP contribution in [0.25, 0.3) is 0 Å². The summed E-state index contributed by atoms with van der Waals surface area (Å²) in [6.07, 6.45) is 0. The number of aliphatic hydroxyl groups is 1. The number of carbonyl (C=O) groups is 1. The van der Waals surface area contributed by atoms with Crippen LogP contribution in [0.15, 0.2) is 6.07 Å². The Labute approximate surface area is 123 Å². The predicted octanol–water partition coefficient (Wildman–Crippen LogP) is 0.0211. The monoisotopic (exact) mass is 294 g/mol. The summed E-state index contributed by atoms with van der Waals surface area (Å²) in [5, 5.41) is 16.9. The van der Waals surface area contributed by atoms with Gasteiger partial charge in [-0.3, -0.25) is 9.48 Å². The first kappa shape index (κ1) is 14.3. The van der Waals surface area contributed by atoms with E-state index >= 15 is 0 Å². The minimum absolute atomic E-state index is 0.00667. The standard InChI is InChI=1S/C14H22N4O3/c1-9(7-19)12-6-15-14(20)11-5-13(16-18(11)12)17-3-4-21-8-10(17)2/h5,9-10,12,19H,3-4,6-8H2,1-2H3,(H,15,20)/t9-,10-,12?/m1/s1. The molecule has 1 aromatic heterocycles. The van der Waals surface area contributed by atoms with Crippen LogP contribution in [0.3, 0.4) is 0 Å². The number of aromatic nitrogens is 2. The Kier molecular flexibility index (Phi) is 3.86. The average Bonchev–Trinajstić information content (AvgIpc) is 2.93. The molecule has 1 saturated heterocycles. The predicted molar refractivity (Wildman–Crippen MR) is 77.5 cm³/mol. The first-order valence-corrected chi connectivity index (χ1v) is 7.44. The molecule has 2 N–H and O–H groups in total. The molecule has 7 nitrogen and oxygen atoms in total. The van der Waals surface area contributed by atoms with Gasteiger partial charge in [-0.25, -0.2) is 0 Å². The molecule has 116 valence electrons. The maximum Gasteiger partial charge on any atom is 0.269 e. The van der Waals surface area contributed by atoms with Crippen molar-refractivity contribution in [2.75, 3.05) is 37.8 Å². The molecule has 1 aromatic rings. The molecule has 7 heteroatoms. The summed E-state index contributed by atoms with van der Waals surface area (Å²) in [6, 6.07) is 2.08. The molecule has 3 heterocycles. The van der Waals surface area contributed by atoms with Crippen LogP contribution < -0.4 is 10.2 Å². The van der Waals surface area contributed by atoms with Gasteiger partial charge >= 0.3 is 0 Å². The highest BCUT2D eigenvalue weighted by Crippen LogP contribution is 2.27. The average molecular weight is 294 g/mol. The van der Waals surface area contributed by atoms with E-state index in [1.165, 1.54) is 0 Å². The normalized spacial score (nSPS) is 27.2. The van der Waals surface area contributed by atoms with Gasteiger partial charge in [0.25, 0.3) is 5.91 Å². The van der Waals surface area contributed by atoms with Gasteiger partial charge in [0.1, 0.15) is 5.69 Å². The molecular formula is C14H22N4O3. The Bertz CT molecular complexity index is 530. The Morgan fingerprint density at radius 2 is 2.43 bits per heavy atom. The molecule has 21 heavy (non-hydrogen) atoms. The lowest BCUT2D eigenvalue weighted by molar-refractivity contribution is 0.0873. The van der Waals surface area contributed by atoms with Crippen LogP contribution in [0.4, 0.5) is 5.82 Å².